The van der Waals surface area contributed by atoms with E-state index in [1.807, 2.05) is 18.2 Å². The molecule has 4 aromatic rings. The number of likely N-dealkylation sites (N-methyl/N-ethyl adjacent to an activating group) is 1. The summed E-state index contributed by atoms with van der Waals surface area (Å²) in [6.07, 6.45) is 5.25. The quantitative estimate of drug-likeness (QED) is 0.564. The summed E-state index contributed by atoms with van der Waals surface area (Å²) in [5, 5.41) is 11.9. The first kappa shape index (κ1) is 18.5. The van der Waals surface area contributed by atoms with Gasteiger partial charge in [0.2, 0.25) is 5.95 Å². The minimum atomic E-state index is 0.558. The molecule has 4 heterocycles. The molecule has 1 saturated heterocycles. The summed E-state index contributed by atoms with van der Waals surface area (Å²) in [4.78, 5) is 13.9. The van der Waals surface area contributed by atoms with Crippen LogP contribution in [0, 0.1) is 6.92 Å². The summed E-state index contributed by atoms with van der Waals surface area (Å²) in [6.45, 7) is 6.47. The van der Waals surface area contributed by atoms with Crippen molar-refractivity contribution in [2.45, 2.75) is 6.92 Å². The predicted octanol–water partition coefficient (Wildman–Crippen LogP) is 2.99. The monoisotopic (exact) mass is 400 g/mol. The molecule has 0 aliphatic carbocycles. The fraction of sp³-hybridized carbons (Fsp3) is 0.273. The highest BCUT2D eigenvalue weighted by Gasteiger charge is 2.16. The Balaban J connectivity index is 1.37. The molecule has 1 aromatic carbocycles. The lowest BCUT2D eigenvalue weighted by Gasteiger charge is -2.35. The number of anilines is 3. The SMILES string of the molecule is Cc1cc(Nc2nccc(-c3cnn4ncccc34)n2)ccc1N1CCN(C)CC1. The van der Waals surface area contributed by atoms with Gasteiger partial charge in [-0.3, -0.25) is 0 Å². The van der Waals surface area contributed by atoms with Gasteiger partial charge in [0.1, 0.15) is 0 Å². The van der Waals surface area contributed by atoms with E-state index in [-0.39, 0.29) is 0 Å². The van der Waals surface area contributed by atoms with Crippen molar-refractivity contribution in [3.8, 4) is 11.3 Å². The van der Waals surface area contributed by atoms with E-state index in [0.29, 0.717) is 5.95 Å². The van der Waals surface area contributed by atoms with Gasteiger partial charge in [-0.2, -0.15) is 14.8 Å². The molecule has 0 saturated carbocycles. The van der Waals surface area contributed by atoms with Crippen LogP contribution in [0.5, 0.6) is 0 Å². The molecule has 0 radical (unpaired) electrons. The van der Waals surface area contributed by atoms with Crippen LogP contribution in [0.1, 0.15) is 5.56 Å². The number of hydrogen-bond donors (Lipinski definition) is 1. The Morgan fingerprint density at radius 3 is 2.67 bits per heavy atom. The Bertz CT molecular complexity index is 1180. The number of rotatable bonds is 4. The summed E-state index contributed by atoms with van der Waals surface area (Å²) in [5.41, 5.74) is 6.16. The van der Waals surface area contributed by atoms with Crippen LogP contribution in [0.3, 0.4) is 0 Å². The Morgan fingerprint density at radius 2 is 1.83 bits per heavy atom. The number of fused-ring (bicyclic) bond motifs is 1. The maximum absolute atomic E-state index is 4.69. The van der Waals surface area contributed by atoms with Gasteiger partial charge in [0.15, 0.2) is 0 Å². The van der Waals surface area contributed by atoms with E-state index in [4.69, 9.17) is 4.98 Å². The summed E-state index contributed by atoms with van der Waals surface area (Å²) in [5.74, 6) is 0.558. The summed E-state index contributed by atoms with van der Waals surface area (Å²) in [6, 6.07) is 12.2. The molecule has 1 fully saturated rings. The van der Waals surface area contributed by atoms with E-state index in [2.05, 4.69) is 62.5 Å². The molecule has 0 spiro atoms. The van der Waals surface area contributed by atoms with Crippen LogP contribution < -0.4 is 10.2 Å². The van der Waals surface area contributed by atoms with Crippen molar-refractivity contribution in [3.63, 3.8) is 0 Å². The van der Waals surface area contributed by atoms with E-state index in [0.717, 1.165) is 48.6 Å². The molecular formula is C22H24N8. The van der Waals surface area contributed by atoms with Crippen molar-refractivity contribution in [1.29, 1.82) is 0 Å². The van der Waals surface area contributed by atoms with E-state index in [1.54, 1.807) is 23.2 Å². The molecule has 3 aromatic heterocycles. The lowest BCUT2D eigenvalue weighted by atomic mass is 10.1. The zero-order chi connectivity index (χ0) is 20.5. The first-order valence-electron chi connectivity index (χ1n) is 10.1. The molecule has 0 bridgehead atoms. The van der Waals surface area contributed by atoms with Crippen LogP contribution in [-0.4, -0.2) is 62.9 Å². The minimum absolute atomic E-state index is 0.558. The summed E-state index contributed by atoms with van der Waals surface area (Å²) < 4.78 is 1.60. The second-order valence-corrected chi connectivity index (χ2v) is 7.64. The van der Waals surface area contributed by atoms with Crippen LogP contribution >= 0.6 is 0 Å². The number of aryl methyl sites for hydroxylation is 1. The smallest absolute Gasteiger partial charge is 0.227 e. The Morgan fingerprint density at radius 1 is 0.967 bits per heavy atom. The Labute approximate surface area is 175 Å². The second-order valence-electron chi connectivity index (χ2n) is 7.64. The minimum Gasteiger partial charge on any atom is -0.369 e. The van der Waals surface area contributed by atoms with Gasteiger partial charge in [-0.25, -0.2) is 9.97 Å². The van der Waals surface area contributed by atoms with Gasteiger partial charge in [-0.15, -0.1) is 0 Å². The highest BCUT2D eigenvalue weighted by atomic mass is 15.4. The number of nitrogens with zero attached hydrogens (tertiary/aromatic N) is 7. The zero-order valence-corrected chi connectivity index (χ0v) is 17.2. The lowest BCUT2D eigenvalue weighted by Crippen LogP contribution is -2.44. The van der Waals surface area contributed by atoms with E-state index < -0.39 is 0 Å². The first-order chi connectivity index (χ1) is 14.7. The Kier molecular flexibility index (Phi) is 4.76. The van der Waals surface area contributed by atoms with Crippen molar-refractivity contribution in [1.82, 2.24) is 29.7 Å². The van der Waals surface area contributed by atoms with Crippen LogP contribution in [0.25, 0.3) is 16.8 Å². The highest BCUT2D eigenvalue weighted by molar-refractivity contribution is 5.77. The van der Waals surface area contributed by atoms with Crippen molar-refractivity contribution in [2.24, 2.45) is 0 Å². The molecule has 30 heavy (non-hydrogen) atoms. The van der Waals surface area contributed by atoms with Crippen molar-refractivity contribution >= 4 is 22.8 Å². The molecule has 1 N–H and O–H groups in total. The molecule has 152 valence electrons. The fourth-order valence-corrected chi connectivity index (χ4v) is 3.86. The summed E-state index contributed by atoms with van der Waals surface area (Å²) >= 11 is 0. The van der Waals surface area contributed by atoms with Crippen LogP contribution in [0.4, 0.5) is 17.3 Å². The summed E-state index contributed by atoms with van der Waals surface area (Å²) in [7, 11) is 2.18. The Hall–Kier alpha value is -3.52. The highest BCUT2D eigenvalue weighted by Crippen LogP contribution is 2.27. The maximum Gasteiger partial charge on any atom is 0.227 e. The van der Waals surface area contributed by atoms with Crippen LogP contribution in [0.15, 0.2) is 55.0 Å². The van der Waals surface area contributed by atoms with Gasteiger partial charge in [0.25, 0.3) is 0 Å². The number of piperazine rings is 1. The molecule has 0 atom stereocenters. The zero-order valence-electron chi connectivity index (χ0n) is 17.2. The molecule has 1 aliphatic heterocycles. The number of benzene rings is 1. The van der Waals surface area contributed by atoms with Crippen molar-refractivity contribution in [2.75, 3.05) is 43.4 Å². The third-order valence-corrected chi connectivity index (χ3v) is 5.53. The lowest BCUT2D eigenvalue weighted by molar-refractivity contribution is 0.312. The largest absolute Gasteiger partial charge is 0.369 e. The molecule has 8 heteroatoms. The number of aromatic nitrogens is 5. The average molecular weight is 400 g/mol. The van der Waals surface area contributed by atoms with Gasteiger partial charge in [0, 0.05) is 55.5 Å². The number of nitrogens with one attached hydrogen (secondary N) is 1. The fourth-order valence-electron chi connectivity index (χ4n) is 3.86. The third kappa shape index (κ3) is 3.57. The van der Waals surface area contributed by atoms with Gasteiger partial charge in [-0.1, -0.05) is 0 Å². The van der Waals surface area contributed by atoms with Crippen LogP contribution in [-0.2, 0) is 0 Å². The van der Waals surface area contributed by atoms with E-state index >= 15 is 0 Å². The van der Waals surface area contributed by atoms with E-state index in [1.165, 1.54) is 11.3 Å². The van der Waals surface area contributed by atoms with E-state index in [9.17, 15) is 0 Å². The molecule has 0 amide bonds. The predicted molar refractivity (Wildman–Crippen MR) is 118 cm³/mol. The topological polar surface area (TPSA) is 74.5 Å². The molecule has 1 aliphatic rings. The number of hydrogen-bond acceptors (Lipinski definition) is 7. The second kappa shape index (κ2) is 7.72. The first-order valence-corrected chi connectivity index (χ1v) is 10.1. The van der Waals surface area contributed by atoms with Gasteiger partial charge >= 0.3 is 0 Å². The average Bonchev–Trinajstić information content (AvgIpc) is 3.19. The molecule has 5 rings (SSSR count). The van der Waals surface area contributed by atoms with Gasteiger partial charge < -0.3 is 15.1 Å². The molecular weight excluding hydrogens is 376 g/mol. The van der Waals surface area contributed by atoms with Crippen molar-refractivity contribution < 1.29 is 0 Å². The standard InChI is InChI=1S/C22H24N8/c1-16-14-17(5-6-20(16)29-12-10-28(2)11-13-29)26-22-23-9-7-19(27-22)18-15-25-30-21(18)4-3-8-24-30/h3-9,14-15H,10-13H2,1-2H3,(H,23,26,27). The molecule has 0 unspecified atom stereocenters. The normalized spacial score (nSPS) is 14.9. The maximum atomic E-state index is 4.69. The van der Waals surface area contributed by atoms with Crippen molar-refractivity contribution in [3.05, 3.63) is 60.6 Å². The van der Waals surface area contributed by atoms with Gasteiger partial charge in [-0.05, 0) is 55.9 Å². The molecule has 8 nitrogen and oxygen atoms in total. The third-order valence-electron chi connectivity index (χ3n) is 5.53. The van der Waals surface area contributed by atoms with Crippen LogP contribution in [0.2, 0.25) is 0 Å². The van der Waals surface area contributed by atoms with Gasteiger partial charge in [0.05, 0.1) is 17.4 Å².